The summed E-state index contributed by atoms with van der Waals surface area (Å²) in [7, 11) is 0. The predicted octanol–water partition coefficient (Wildman–Crippen LogP) is 3.55. The molecule has 1 saturated heterocycles. The number of benzene rings is 1. The smallest absolute Gasteiger partial charge is 0.271 e. The summed E-state index contributed by atoms with van der Waals surface area (Å²) in [5.74, 6) is 0.516. The Kier molecular flexibility index (Phi) is 7.05. The first-order valence-electron chi connectivity index (χ1n) is 11.9. The molecule has 0 radical (unpaired) electrons. The van der Waals surface area contributed by atoms with Crippen molar-refractivity contribution in [1.29, 1.82) is 0 Å². The number of rotatable bonds is 5. The molecule has 8 nitrogen and oxygen atoms in total. The number of aromatic amines is 1. The van der Waals surface area contributed by atoms with Gasteiger partial charge >= 0.3 is 0 Å². The highest BCUT2D eigenvalue weighted by Crippen LogP contribution is 2.21. The lowest BCUT2D eigenvalue weighted by molar-refractivity contribution is 0.102. The molecule has 8 heteroatoms. The van der Waals surface area contributed by atoms with Gasteiger partial charge < -0.3 is 25.8 Å². The van der Waals surface area contributed by atoms with Crippen LogP contribution in [0.4, 0.5) is 11.4 Å². The Labute approximate surface area is 200 Å². The second-order valence-corrected chi connectivity index (χ2v) is 10.1. The van der Waals surface area contributed by atoms with Gasteiger partial charge in [-0.3, -0.25) is 14.6 Å². The molecule has 180 valence electrons. The van der Waals surface area contributed by atoms with Gasteiger partial charge in [0.05, 0.1) is 12.2 Å². The number of hydrogen-bond donors (Lipinski definition) is 4. The van der Waals surface area contributed by atoms with E-state index in [0.29, 0.717) is 18.7 Å². The molecular formula is C26H34N6O2. The zero-order chi connectivity index (χ0) is 24.1. The van der Waals surface area contributed by atoms with Crippen LogP contribution in [-0.2, 0) is 0 Å². The zero-order valence-corrected chi connectivity index (χ0v) is 20.2. The predicted molar refractivity (Wildman–Crippen MR) is 138 cm³/mol. The van der Waals surface area contributed by atoms with Crippen molar-refractivity contribution in [2.45, 2.75) is 40.0 Å². The lowest BCUT2D eigenvalue weighted by Crippen LogP contribution is -2.37. The Morgan fingerprint density at radius 2 is 1.85 bits per heavy atom. The number of anilines is 2. The van der Waals surface area contributed by atoms with E-state index < -0.39 is 0 Å². The summed E-state index contributed by atoms with van der Waals surface area (Å²) in [4.78, 5) is 35.0. The highest BCUT2D eigenvalue weighted by molar-refractivity contribution is 6.04. The van der Waals surface area contributed by atoms with E-state index in [9.17, 15) is 9.59 Å². The second-order valence-electron chi connectivity index (χ2n) is 10.1. The molecule has 1 aromatic heterocycles. The maximum absolute atomic E-state index is 12.8. The number of carbonyl (C=O) groups excluding carboxylic acids is 1. The van der Waals surface area contributed by atoms with E-state index >= 15 is 0 Å². The summed E-state index contributed by atoms with van der Waals surface area (Å²) < 4.78 is 0. The molecule has 34 heavy (non-hydrogen) atoms. The monoisotopic (exact) mass is 462 g/mol. The average Bonchev–Trinajstić information content (AvgIpc) is 2.84. The Bertz CT molecular complexity index is 1140. The van der Waals surface area contributed by atoms with Gasteiger partial charge in [0, 0.05) is 48.8 Å². The number of piperidine rings is 1. The normalized spacial score (nSPS) is 17.6. The van der Waals surface area contributed by atoms with Crippen molar-refractivity contribution in [1.82, 2.24) is 15.6 Å². The maximum Gasteiger partial charge on any atom is 0.271 e. The molecule has 4 N–H and O–H groups in total. The van der Waals surface area contributed by atoms with E-state index in [1.165, 1.54) is 19.3 Å². The summed E-state index contributed by atoms with van der Waals surface area (Å²) in [5, 5.41) is 9.29. The minimum atomic E-state index is -0.354. The molecule has 2 aliphatic rings. The zero-order valence-electron chi connectivity index (χ0n) is 20.2. The molecule has 0 spiro atoms. The van der Waals surface area contributed by atoms with Crippen molar-refractivity contribution >= 4 is 28.8 Å². The number of H-pyrrole nitrogens is 1. The number of amidine groups is 1. The highest BCUT2D eigenvalue weighted by atomic mass is 16.2. The van der Waals surface area contributed by atoms with Crippen molar-refractivity contribution < 1.29 is 4.79 Å². The van der Waals surface area contributed by atoms with Crippen LogP contribution in [0.3, 0.4) is 0 Å². The van der Waals surface area contributed by atoms with Gasteiger partial charge in [0.25, 0.3) is 11.5 Å². The molecule has 0 bridgehead atoms. The van der Waals surface area contributed by atoms with Crippen LogP contribution in [0.15, 0.2) is 52.5 Å². The van der Waals surface area contributed by atoms with Gasteiger partial charge in [-0.1, -0.05) is 20.8 Å². The molecule has 0 atom stereocenters. The summed E-state index contributed by atoms with van der Waals surface area (Å²) in [6.45, 7) is 9.84. The molecule has 2 aromatic rings. The van der Waals surface area contributed by atoms with Crippen molar-refractivity contribution in [3.8, 4) is 0 Å². The third-order valence-corrected chi connectivity index (χ3v) is 5.85. The molecule has 1 amide bonds. The molecule has 1 aromatic carbocycles. The maximum atomic E-state index is 12.8. The van der Waals surface area contributed by atoms with Gasteiger partial charge in [0.1, 0.15) is 11.5 Å². The molecule has 3 heterocycles. The standard InChI is InChI=1S/C26H34N6O2/c1-26(2,3)17-29-23-16-27-15-22(30-23)19-13-21(25(34)28-14-19)31-24(33)18-7-9-20(10-8-18)32-11-5-4-6-12-32/h7-10,13-15,27H,4-6,11-12,16-17H2,1-3H3,(H,28,34)(H,29,30)(H,31,33). The minimum Gasteiger partial charge on any atom is -0.382 e. The number of carbonyl (C=O) groups is 1. The Morgan fingerprint density at radius 3 is 2.56 bits per heavy atom. The number of nitrogens with one attached hydrogen (secondary N) is 4. The number of hydrogen-bond acceptors (Lipinski definition) is 5. The van der Waals surface area contributed by atoms with Crippen LogP contribution in [0, 0.1) is 5.41 Å². The van der Waals surface area contributed by atoms with Gasteiger partial charge in [-0.05, 0) is 55.0 Å². The van der Waals surface area contributed by atoms with Gasteiger partial charge in [-0.25, -0.2) is 0 Å². The van der Waals surface area contributed by atoms with E-state index in [0.717, 1.165) is 35.9 Å². The number of amides is 1. The molecule has 0 unspecified atom stereocenters. The van der Waals surface area contributed by atoms with Crippen LogP contribution < -0.4 is 26.4 Å². The van der Waals surface area contributed by atoms with Gasteiger partial charge in [0.2, 0.25) is 0 Å². The van der Waals surface area contributed by atoms with E-state index in [1.54, 1.807) is 12.3 Å². The Balaban J connectivity index is 1.45. The van der Waals surface area contributed by atoms with E-state index in [4.69, 9.17) is 0 Å². The summed E-state index contributed by atoms with van der Waals surface area (Å²) in [5.41, 5.74) is 3.10. The van der Waals surface area contributed by atoms with Crippen LogP contribution in [0.5, 0.6) is 0 Å². The molecule has 1 fully saturated rings. The fourth-order valence-electron chi connectivity index (χ4n) is 3.97. The van der Waals surface area contributed by atoms with Crippen molar-refractivity contribution in [2.75, 3.05) is 36.4 Å². The van der Waals surface area contributed by atoms with Crippen LogP contribution in [0.25, 0.3) is 5.70 Å². The SMILES string of the molecule is CC(C)(C)CN=C1CNC=C(c2c[nH]c(=O)c(NC(=O)c3ccc(N4CCCCC4)cc3)c2)N1. The highest BCUT2D eigenvalue weighted by Gasteiger charge is 2.16. The first-order chi connectivity index (χ1) is 16.3. The summed E-state index contributed by atoms with van der Waals surface area (Å²) in [6, 6.07) is 9.24. The van der Waals surface area contributed by atoms with E-state index in [-0.39, 0.29) is 22.6 Å². The first kappa shape index (κ1) is 23.6. The van der Waals surface area contributed by atoms with Crippen LogP contribution in [-0.4, -0.2) is 42.9 Å². The number of pyridine rings is 1. The van der Waals surface area contributed by atoms with Crippen molar-refractivity contribution in [2.24, 2.45) is 10.4 Å². The molecule has 0 aliphatic carbocycles. The lowest BCUT2D eigenvalue weighted by atomic mass is 9.97. The summed E-state index contributed by atoms with van der Waals surface area (Å²) in [6.07, 6.45) is 7.14. The van der Waals surface area contributed by atoms with Crippen LogP contribution in [0.1, 0.15) is 56.0 Å². The minimum absolute atomic E-state index is 0.0947. The molecule has 0 saturated carbocycles. The van der Waals surface area contributed by atoms with Crippen molar-refractivity contribution in [3.63, 3.8) is 0 Å². The van der Waals surface area contributed by atoms with Gasteiger partial charge in [-0.2, -0.15) is 0 Å². The van der Waals surface area contributed by atoms with E-state index in [2.05, 4.69) is 51.6 Å². The molecular weight excluding hydrogens is 428 g/mol. The Hall–Kier alpha value is -3.55. The van der Waals surface area contributed by atoms with Crippen molar-refractivity contribution in [3.05, 3.63) is 64.2 Å². The van der Waals surface area contributed by atoms with Gasteiger partial charge in [-0.15, -0.1) is 0 Å². The number of aromatic nitrogens is 1. The summed E-state index contributed by atoms with van der Waals surface area (Å²) >= 11 is 0. The third-order valence-electron chi connectivity index (χ3n) is 5.85. The average molecular weight is 463 g/mol. The fraction of sp³-hybridized carbons (Fsp3) is 0.423. The van der Waals surface area contributed by atoms with Crippen LogP contribution in [0.2, 0.25) is 0 Å². The van der Waals surface area contributed by atoms with E-state index in [1.807, 2.05) is 30.5 Å². The molecule has 2 aliphatic heterocycles. The molecule has 4 rings (SSSR count). The topological polar surface area (TPSA) is 102 Å². The number of aliphatic imine (C=N–C) groups is 1. The lowest BCUT2D eigenvalue weighted by Gasteiger charge is -2.28. The third kappa shape index (κ3) is 6.07. The Morgan fingerprint density at radius 1 is 1.12 bits per heavy atom. The quantitative estimate of drug-likeness (QED) is 0.544. The largest absolute Gasteiger partial charge is 0.382 e. The number of nitrogens with zero attached hydrogens (tertiary/aromatic N) is 2. The fourth-order valence-corrected chi connectivity index (χ4v) is 3.97. The van der Waals surface area contributed by atoms with Gasteiger partial charge in [0.15, 0.2) is 0 Å². The van der Waals surface area contributed by atoms with Crippen LogP contribution >= 0.6 is 0 Å². The second kappa shape index (κ2) is 10.2. The first-order valence-corrected chi connectivity index (χ1v) is 11.9.